The Morgan fingerprint density at radius 2 is 1.10 bits per heavy atom. The summed E-state index contributed by atoms with van der Waals surface area (Å²) >= 11 is 2.01. The molecule has 4 saturated heterocycles. The molecule has 6 heterocycles. The minimum Gasteiger partial charge on any atom is -0.481 e. The highest BCUT2D eigenvalue weighted by Gasteiger charge is 2.44. The number of aliphatic hydroxyl groups is 2. The number of nitrogens with zero attached hydrogens (tertiary/aromatic N) is 3. The molecule has 14 atom stereocenters. The molecule has 15 amide bonds. The number of benzene rings is 2. The van der Waals surface area contributed by atoms with Crippen molar-refractivity contribution in [2.24, 2.45) is 23.3 Å². The van der Waals surface area contributed by atoms with Crippen LogP contribution in [0.2, 0.25) is 0 Å². The van der Waals surface area contributed by atoms with Crippen molar-refractivity contribution in [1.29, 1.82) is 0 Å². The van der Waals surface area contributed by atoms with Crippen LogP contribution < -0.4 is 75.3 Å². The van der Waals surface area contributed by atoms with Gasteiger partial charge in [0.2, 0.25) is 88.6 Å². The number of para-hydroxylation sites is 2. The average Bonchev–Trinajstić information content (AvgIpc) is 1.79. The number of carbonyl (C=O) groups excluding carboxylic acids is 15. The van der Waals surface area contributed by atoms with Gasteiger partial charge in [-0.05, 0) is 68.2 Å². The molecule has 4 bridgehead atoms. The number of H-pyrrole nitrogens is 2. The molecule has 42 heteroatoms. The zero-order chi connectivity index (χ0) is 85.7. The lowest BCUT2D eigenvalue weighted by molar-refractivity contribution is -0.143. The minimum absolute atomic E-state index is 0.0358. The zero-order valence-corrected chi connectivity index (χ0v) is 67.3. The Hall–Kier alpha value is -11.0. The molecule has 0 aliphatic carbocycles. The van der Waals surface area contributed by atoms with Gasteiger partial charge in [-0.25, -0.2) is 0 Å². The van der Waals surface area contributed by atoms with Crippen LogP contribution in [0.15, 0.2) is 60.9 Å². The summed E-state index contributed by atoms with van der Waals surface area (Å²) in [5, 5.41) is 75.6. The number of aliphatic carboxylic acids is 2. The smallest absolute Gasteiger partial charge is 0.305 e. The average molecular weight is 1670 g/mol. The fourth-order valence-corrected chi connectivity index (χ4v) is 15.7. The summed E-state index contributed by atoms with van der Waals surface area (Å²) in [6.45, 7) is 5.04. The number of carboxylic acid groups (broad SMARTS) is 2. The van der Waals surface area contributed by atoms with Crippen molar-refractivity contribution in [2.45, 2.75) is 184 Å². The van der Waals surface area contributed by atoms with E-state index in [4.69, 9.17) is 11.5 Å². The molecule has 1 unspecified atom stereocenters. The standard InChI is InChI=1S/C75H105N19O21S2/c1-37(2)60-72(112)85-50(28-59(101)102)65(105)80-32-55(96)82-48(26-41-29-78-45-14-9-7-12-43(41)45)67(107)90-61(38(3)4)74(114)94-21-11-16-54(94)71(111)87-52(63(77)103)33-116-24-19-56(97)92-22-23-93-36-75(115,35-92)81-31-51(69(109)84-49(68(108)89-60)27-42-30-79-46-15-10-8-13-44(42)46)86-66(106)47(17-18-58(99)100)83-73(113)62(40(6)95)91-70(110)53(88-64(104)39(5)76)34-117-25-20-57(93)98/h7-10,12-15,29-30,37-40,47-54,60-62,78-79,81,95,115H,11,16-28,31-36,76H2,1-6H3,(H2,77,103)(H,80,105)(H,82,96)(H,83,113)(H,84,109)(H,85,112)(H,86,106)(H,87,111)(H,88,104)(H,89,108)(H,90,107)(H,91,110)(H,99,100)(H,101,102)/t39-,40+,47-,48-,49-,50-,51-,52-,53-,54-,60-,61-,62-,75?/m0/s1. The predicted molar refractivity (Wildman–Crippen MR) is 424 cm³/mol. The Kier molecular flexibility index (Phi) is 33.1. The molecule has 4 aliphatic rings. The third-order valence-corrected chi connectivity index (χ3v) is 22.4. The summed E-state index contributed by atoms with van der Waals surface area (Å²) in [5.41, 5.74) is 11.4. The predicted octanol–water partition coefficient (Wildman–Crippen LogP) is -5.52. The molecule has 4 aliphatic heterocycles. The van der Waals surface area contributed by atoms with E-state index in [0.29, 0.717) is 39.4 Å². The number of aromatic nitrogens is 2. The first-order chi connectivity index (χ1) is 55.4. The quantitative estimate of drug-likeness (QED) is 0.0528. The molecule has 117 heavy (non-hydrogen) atoms. The van der Waals surface area contributed by atoms with E-state index in [1.807, 2.05) is 0 Å². The van der Waals surface area contributed by atoms with Gasteiger partial charge in [0, 0.05) is 115 Å². The summed E-state index contributed by atoms with van der Waals surface area (Å²) in [6, 6.07) is -5.70. The fourth-order valence-electron chi connectivity index (χ4n) is 13.8. The van der Waals surface area contributed by atoms with E-state index in [9.17, 15) is 87.5 Å². The van der Waals surface area contributed by atoms with E-state index in [0.717, 1.165) is 30.4 Å². The number of thioether (sulfide) groups is 2. The molecule has 22 N–H and O–H groups in total. The van der Waals surface area contributed by atoms with E-state index < -0.39 is 249 Å². The lowest BCUT2D eigenvalue weighted by atomic mass is 9.99. The number of carbonyl (C=O) groups is 17. The maximum atomic E-state index is 15.6. The maximum absolute atomic E-state index is 15.6. The van der Waals surface area contributed by atoms with Gasteiger partial charge in [-0.15, -0.1) is 0 Å². The molecule has 2 aromatic carbocycles. The van der Waals surface area contributed by atoms with Crippen molar-refractivity contribution in [3.63, 3.8) is 0 Å². The van der Waals surface area contributed by atoms with Crippen LogP contribution in [0.25, 0.3) is 21.8 Å². The van der Waals surface area contributed by atoms with Gasteiger partial charge in [0.05, 0.1) is 38.2 Å². The monoisotopic (exact) mass is 1670 g/mol. The Balaban J connectivity index is 1.20. The molecule has 4 aromatic rings. The molecule has 4 fully saturated rings. The molecule has 0 saturated carbocycles. The third-order valence-electron chi connectivity index (χ3n) is 20.3. The Labute approximate surface area is 681 Å². The van der Waals surface area contributed by atoms with Crippen LogP contribution in [-0.4, -0.2) is 299 Å². The Bertz CT molecular complexity index is 4350. The number of amides is 15. The maximum Gasteiger partial charge on any atom is 0.305 e. The number of primary amides is 1. The van der Waals surface area contributed by atoms with Gasteiger partial charge in [-0.3, -0.25) is 86.8 Å². The van der Waals surface area contributed by atoms with Crippen molar-refractivity contribution < 1.29 is 102 Å². The van der Waals surface area contributed by atoms with Crippen LogP contribution in [0.1, 0.15) is 97.6 Å². The highest BCUT2D eigenvalue weighted by molar-refractivity contribution is 7.99. The number of rotatable bonds is 15. The van der Waals surface area contributed by atoms with Gasteiger partial charge < -0.3 is 115 Å². The summed E-state index contributed by atoms with van der Waals surface area (Å²) in [4.78, 5) is 251. The van der Waals surface area contributed by atoms with Gasteiger partial charge in [-0.1, -0.05) is 64.1 Å². The summed E-state index contributed by atoms with van der Waals surface area (Å²) in [5.74, 6) is -20.1. The van der Waals surface area contributed by atoms with Crippen LogP contribution >= 0.6 is 23.5 Å². The fraction of sp³-hybridized carbons (Fsp3) is 0.560. The normalized spacial score (nSPS) is 26.7. The summed E-state index contributed by atoms with van der Waals surface area (Å²) < 4.78 is 0. The van der Waals surface area contributed by atoms with Crippen molar-refractivity contribution >= 4 is 146 Å². The lowest BCUT2D eigenvalue weighted by Gasteiger charge is -2.35. The van der Waals surface area contributed by atoms with Gasteiger partial charge in [0.15, 0.2) is 5.72 Å². The number of aliphatic hydroxyl groups excluding tert-OH is 1. The van der Waals surface area contributed by atoms with Gasteiger partial charge >= 0.3 is 11.9 Å². The van der Waals surface area contributed by atoms with Crippen molar-refractivity contribution in [1.82, 2.24) is 88.5 Å². The number of hydrogen-bond acceptors (Lipinski definition) is 23. The summed E-state index contributed by atoms with van der Waals surface area (Å²) in [6.07, 6.45) is -2.17. The minimum atomic E-state index is -2.46. The number of aromatic amines is 2. The first-order valence-electron chi connectivity index (χ1n) is 38.5. The molecule has 638 valence electrons. The van der Waals surface area contributed by atoms with Gasteiger partial charge in [0.25, 0.3) is 0 Å². The van der Waals surface area contributed by atoms with Crippen LogP contribution in [0, 0.1) is 11.8 Å². The molecule has 40 nitrogen and oxygen atoms in total. The SMILES string of the molecule is CC(C)[C@@H]1NC(=O)[C@H](Cc2c[nH]c3ccccc23)NC(=O)[C@@H]2CNC3(O)CN(CCN(C3)C(=O)CCSC[C@H](NC(=O)[C@H](C)N)C(=O)N[C@@H]([C@@H](C)O)C(=O)N[C@@H](CCC(=O)O)C(=O)N2)C(=O)CCSC[C@@H](C(N)=O)NC(=O)[C@@H]2CCCN2C(=O)[C@H](C(C)C)NC(=O)[C@H](Cc2c[nH]c3ccccc23)NC(=O)CNC(=O)[C@H](CC(=O)O)NC1=O. The molecular weight excluding hydrogens is 1570 g/mol. The molecule has 8 rings (SSSR count). The van der Waals surface area contributed by atoms with E-state index in [1.165, 1.54) is 41.7 Å². The second kappa shape index (κ2) is 42.3. The first-order valence-corrected chi connectivity index (χ1v) is 40.8. The lowest BCUT2D eigenvalue weighted by Crippen LogP contribution is -2.65. The van der Waals surface area contributed by atoms with Gasteiger partial charge in [-0.2, -0.15) is 23.5 Å². The van der Waals surface area contributed by atoms with Crippen LogP contribution in [-0.2, 0) is 94.3 Å². The van der Waals surface area contributed by atoms with E-state index >= 15 is 14.4 Å². The zero-order valence-electron chi connectivity index (χ0n) is 65.6. The van der Waals surface area contributed by atoms with Crippen molar-refractivity contribution in [3.8, 4) is 0 Å². The van der Waals surface area contributed by atoms with Crippen molar-refractivity contribution in [3.05, 3.63) is 72.1 Å². The number of nitrogens with two attached hydrogens (primary N) is 2. The topological polar surface area (TPSA) is 609 Å². The van der Waals surface area contributed by atoms with E-state index in [2.05, 4.69) is 73.8 Å². The molecular formula is C75H105N19O21S2. The molecule has 0 radical (unpaired) electrons. The van der Waals surface area contributed by atoms with Gasteiger partial charge in [0.1, 0.15) is 66.5 Å². The number of hydrogen-bond donors (Lipinski definition) is 20. The summed E-state index contributed by atoms with van der Waals surface area (Å²) in [7, 11) is 0. The van der Waals surface area contributed by atoms with Crippen LogP contribution in [0.4, 0.5) is 0 Å². The first kappa shape index (κ1) is 91.6. The Morgan fingerprint density at radius 3 is 1.65 bits per heavy atom. The van der Waals surface area contributed by atoms with E-state index in [-0.39, 0.29) is 68.3 Å². The van der Waals surface area contributed by atoms with Crippen molar-refractivity contribution in [2.75, 3.05) is 68.8 Å². The second-order valence-corrected chi connectivity index (χ2v) is 32.4. The number of nitrogens with one attached hydrogen (secondary N) is 14. The highest BCUT2D eigenvalue weighted by atomic mass is 32.2. The second-order valence-electron chi connectivity index (χ2n) is 30.1. The molecule has 2 aromatic heterocycles. The highest BCUT2D eigenvalue weighted by Crippen LogP contribution is 2.26. The van der Waals surface area contributed by atoms with Crippen LogP contribution in [0.3, 0.4) is 0 Å². The number of carboxylic acids is 2. The molecule has 0 spiro atoms. The number of fused-ring (bicyclic) bond motifs is 7. The van der Waals surface area contributed by atoms with Crippen LogP contribution in [0.5, 0.6) is 0 Å². The third kappa shape index (κ3) is 25.8. The van der Waals surface area contributed by atoms with E-state index in [1.54, 1.807) is 68.6 Å². The largest absolute Gasteiger partial charge is 0.481 e. The Morgan fingerprint density at radius 1 is 0.581 bits per heavy atom.